The van der Waals surface area contributed by atoms with Gasteiger partial charge in [-0.05, 0) is 41.7 Å². The Morgan fingerprint density at radius 3 is 2.52 bits per heavy atom. The van der Waals surface area contributed by atoms with Gasteiger partial charge in [0, 0.05) is 6.08 Å². The van der Waals surface area contributed by atoms with Gasteiger partial charge >= 0.3 is 0 Å². The molecular weight excluding hydrogens is 384 g/mol. The first-order chi connectivity index (χ1) is 14.0. The third-order valence-corrected chi connectivity index (χ3v) is 7.68. The average molecular weight is 407 g/mol. The van der Waals surface area contributed by atoms with E-state index in [-0.39, 0.29) is 5.95 Å². The number of nitrogens with two attached hydrogens (primary N) is 1. The number of rotatable bonds is 4. The molecule has 0 saturated heterocycles. The molecule has 2 N–H and O–H groups in total. The van der Waals surface area contributed by atoms with Crippen LogP contribution in [0.4, 0.5) is 5.95 Å². The summed E-state index contributed by atoms with van der Waals surface area (Å²) in [5, 5.41) is 8.83. The molecule has 0 bridgehead atoms. The van der Waals surface area contributed by atoms with Gasteiger partial charge in [-0.15, -0.1) is 0 Å². The predicted molar refractivity (Wildman–Crippen MR) is 114 cm³/mol. The molecule has 6 nitrogen and oxygen atoms in total. The van der Waals surface area contributed by atoms with Crippen LogP contribution in [0.25, 0.3) is 16.6 Å². The summed E-state index contributed by atoms with van der Waals surface area (Å²) in [5.74, 6) is -0.0201. The second kappa shape index (κ2) is 7.72. The molecule has 0 amide bonds. The highest BCUT2D eigenvalue weighted by atomic mass is 32.2. The molecule has 29 heavy (non-hydrogen) atoms. The molecule has 3 aromatic rings. The average Bonchev–Trinajstić information content (AvgIpc) is 3.09. The van der Waals surface area contributed by atoms with Crippen LogP contribution in [-0.4, -0.2) is 22.6 Å². The van der Waals surface area contributed by atoms with Crippen LogP contribution in [0.2, 0.25) is 0 Å². The minimum atomic E-state index is -3.65. The molecule has 0 spiro atoms. The Hall–Kier alpha value is -3.11. The highest BCUT2D eigenvalue weighted by Crippen LogP contribution is 2.32. The van der Waals surface area contributed by atoms with E-state index in [1.807, 2.05) is 36.4 Å². The van der Waals surface area contributed by atoms with E-state index in [1.165, 1.54) is 10.0 Å². The summed E-state index contributed by atoms with van der Waals surface area (Å²) in [4.78, 5) is 4.27. The third-order valence-electron chi connectivity index (χ3n) is 5.47. The van der Waals surface area contributed by atoms with Gasteiger partial charge in [0.2, 0.25) is 16.0 Å². The smallest absolute Gasteiger partial charge is 0.244 e. The van der Waals surface area contributed by atoms with Gasteiger partial charge < -0.3 is 5.73 Å². The molecule has 1 aliphatic carbocycles. The first-order valence-electron chi connectivity index (χ1n) is 9.70. The maximum atomic E-state index is 13.3. The molecule has 4 rings (SSSR count). The normalized spacial score (nSPS) is 16.0. The fourth-order valence-corrected chi connectivity index (χ4v) is 5.98. The van der Waals surface area contributed by atoms with Crippen molar-refractivity contribution in [2.24, 2.45) is 0 Å². The van der Waals surface area contributed by atoms with E-state index in [1.54, 1.807) is 12.1 Å². The number of fused-ring (bicyclic) bond motifs is 1. The SMILES string of the molecule is N#CC=C(c1ccccc1)c1ccc2nc(N)n(S(=O)(=O)C3CCCCC3)c2c1. The number of nitrogen functional groups attached to an aromatic ring is 1. The lowest BCUT2D eigenvalue weighted by Gasteiger charge is -2.22. The summed E-state index contributed by atoms with van der Waals surface area (Å²) in [7, 11) is -3.65. The molecule has 1 fully saturated rings. The number of imidazole rings is 1. The maximum absolute atomic E-state index is 13.3. The van der Waals surface area contributed by atoms with Crippen molar-refractivity contribution in [3.8, 4) is 6.07 Å². The number of hydrogen-bond donors (Lipinski definition) is 1. The lowest BCUT2D eigenvalue weighted by molar-refractivity contribution is 0.480. The Labute approximate surface area is 170 Å². The molecule has 148 valence electrons. The van der Waals surface area contributed by atoms with Gasteiger partial charge in [0.05, 0.1) is 22.4 Å². The highest BCUT2D eigenvalue weighted by Gasteiger charge is 2.32. The summed E-state index contributed by atoms with van der Waals surface area (Å²) in [6.45, 7) is 0. The van der Waals surface area contributed by atoms with Gasteiger partial charge in [-0.3, -0.25) is 0 Å². The van der Waals surface area contributed by atoms with Crippen LogP contribution < -0.4 is 5.73 Å². The Morgan fingerprint density at radius 1 is 1.10 bits per heavy atom. The zero-order chi connectivity index (χ0) is 20.4. The first-order valence-corrected chi connectivity index (χ1v) is 11.2. The van der Waals surface area contributed by atoms with Crippen LogP contribution in [0.3, 0.4) is 0 Å². The highest BCUT2D eigenvalue weighted by molar-refractivity contribution is 7.90. The molecule has 0 unspecified atom stereocenters. The molecular formula is C22H22N4O2S. The topological polar surface area (TPSA) is 102 Å². The van der Waals surface area contributed by atoms with Crippen LogP contribution in [-0.2, 0) is 10.0 Å². The third kappa shape index (κ3) is 3.52. The van der Waals surface area contributed by atoms with Gasteiger partial charge in [-0.2, -0.15) is 5.26 Å². The standard InChI is InChI=1S/C22H22N4O2S/c23-14-13-19(16-7-3-1-4-8-16)17-11-12-20-21(15-17)26(22(24)25-20)29(27,28)18-9-5-2-6-10-18/h1,3-4,7-8,11-13,15,18H,2,5-6,9-10H2,(H2,24,25). The van der Waals surface area contributed by atoms with Crippen molar-refractivity contribution in [1.29, 1.82) is 5.26 Å². The number of hydrogen-bond acceptors (Lipinski definition) is 5. The molecule has 0 atom stereocenters. The first kappa shape index (κ1) is 19.2. The Balaban J connectivity index is 1.87. The van der Waals surface area contributed by atoms with Crippen molar-refractivity contribution >= 4 is 32.6 Å². The number of aromatic nitrogens is 2. The Bertz CT molecular complexity index is 1210. The number of nitrogens with zero attached hydrogens (tertiary/aromatic N) is 3. The van der Waals surface area contributed by atoms with E-state index in [0.29, 0.717) is 23.9 Å². The quantitative estimate of drug-likeness (QED) is 0.658. The van der Waals surface area contributed by atoms with Gasteiger partial charge in [0.1, 0.15) is 0 Å². The largest absolute Gasteiger partial charge is 0.368 e. The summed E-state index contributed by atoms with van der Waals surface area (Å²) < 4.78 is 27.9. The van der Waals surface area contributed by atoms with E-state index in [0.717, 1.165) is 36.0 Å². The second-order valence-corrected chi connectivity index (χ2v) is 9.36. The van der Waals surface area contributed by atoms with Crippen LogP contribution in [0.15, 0.2) is 54.6 Å². The summed E-state index contributed by atoms with van der Waals surface area (Å²) in [5.41, 5.74) is 9.36. The lowest BCUT2D eigenvalue weighted by atomic mass is 9.97. The zero-order valence-corrected chi connectivity index (χ0v) is 16.8. The Kier molecular flexibility index (Phi) is 5.12. The monoisotopic (exact) mass is 406 g/mol. The minimum absolute atomic E-state index is 0.0201. The number of allylic oxidation sites excluding steroid dienone is 1. The van der Waals surface area contributed by atoms with Crippen molar-refractivity contribution in [2.75, 3.05) is 5.73 Å². The van der Waals surface area contributed by atoms with Crippen LogP contribution in [0.1, 0.15) is 43.2 Å². The van der Waals surface area contributed by atoms with E-state index < -0.39 is 15.3 Å². The molecule has 7 heteroatoms. The van der Waals surface area contributed by atoms with Crippen molar-refractivity contribution in [1.82, 2.24) is 8.96 Å². The predicted octanol–water partition coefficient (Wildman–Crippen LogP) is 4.08. The molecule has 1 aromatic heterocycles. The molecule has 2 aromatic carbocycles. The fraction of sp³-hybridized carbons (Fsp3) is 0.273. The van der Waals surface area contributed by atoms with Crippen molar-refractivity contribution < 1.29 is 8.42 Å². The van der Waals surface area contributed by atoms with Crippen LogP contribution in [0.5, 0.6) is 0 Å². The van der Waals surface area contributed by atoms with E-state index in [2.05, 4.69) is 11.1 Å². The number of benzene rings is 2. The van der Waals surface area contributed by atoms with E-state index >= 15 is 0 Å². The van der Waals surface area contributed by atoms with Gasteiger partial charge in [0.15, 0.2) is 0 Å². The van der Waals surface area contributed by atoms with Crippen molar-refractivity contribution in [2.45, 2.75) is 37.4 Å². The van der Waals surface area contributed by atoms with Gasteiger partial charge in [-0.1, -0.05) is 55.7 Å². The van der Waals surface area contributed by atoms with Crippen molar-refractivity contribution in [3.05, 3.63) is 65.7 Å². The zero-order valence-electron chi connectivity index (χ0n) is 16.0. The number of anilines is 1. The maximum Gasteiger partial charge on any atom is 0.244 e. The van der Waals surface area contributed by atoms with Crippen molar-refractivity contribution in [3.63, 3.8) is 0 Å². The summed E-state index contributed by atoms with van der Waals surface area (Å²) in [6.07, 6.45) is 5.64. The number of nitriles is 1. The fourth-order valence-electron chi connectivity index (χ4n) is 4.04. The van der Waals surface area contributed by atoms with Gasteiger partial charge in [0.25, 0.3) is 0 Å². The molecule has 0 radical (unpaired) electrons. The molecule has 1 aliphatic rings. The Morgan fingerprint density at radius 2 is 1.83 bits per heavy atom. The summed E-state index contributed by atoms with van der Waals surface area (Å²) >= 11 is 0. The summed E-state index contributed by atoms with van der Waals surface area (Å²) in [6, 6.07) is 17.0. The second-order valence-electron chi connectivity index (χ2n) is 7.30. The molecule has 1 heterocycles. The molecule has 0 aliphatic heterocycles. The lowest BCUT2D eigenvalue weighted by Crippen LogP contribution is -2.30. The minimum Gasteiger partial charge on any atom is -0.368 e. The molecule has 1 saturated carbocycles. The van der Waals surface area contributed by atoms with E-state index in [4.69, 9.17) is 5.73 Å². The van der Waals surface area contributed by atoms with Crippen LogP contribution in [0, 0.1) is 11.3 Å². The van der Waals surface area contributed by atoms with Crippen LogP contribution >= 0.6 is 0 Å². The van der Waals surface area contributed by atoms with Gasteiger partial charge in [-0.25, -0.2) is 17.4 Å². The van der Waals surface area contributed by atoms with E-state index in [9.17, 15) is 13.7 Å².